The van der Waals surface area contributed by atoms with Crippen LogP contribution in [0.4, 0.5) is 0 Å². The SMILES string of the molecule is CC(C)c1nc(C(C)NC(=O)CCc2ccc(C(=O)O)cc2)cs1. The molecule has 1 aromatic heterocycles. The zero-order chi connectivity index (χ0) is 17.7. The van der Waals surface area contributed by atoms with E-state index in [0.29, 0.717) is 18.8 Å². The van der Waals surface area contributed by atoms with E-state index in [2.05, 4.69) is 24.1 Å². The van der Waals surface area contributed by atoms with Crippen LogP contribution in [-0.2, 0) is 11.2 Å². The van der Waals surface area contributed by atoms with Crippen molar-refractivity contribution in [3.8, 4) is 0 Å². The summed E-state index contributed by atoms with van der Waals surface area (Å²) in [7, 11) is 0. The van der Waals surface area contributed by atoms with Gasteiger partial charge in [0.15, 0.2) is 0 Å². The molecule has 2 N–H and O–H groups in total. The smallest absolute Gasteiger partial charge is 0.335 e. The van der Waals surface area contributed by atoms with E-state index >= 15 is 0 Å². The summed E-state index contributed by atoms with van der Waals surface area (Å²) >= 11 is 1.62. The van der Waals surface area contributed by atoms with Gasteiger partial charge in [-0.2, -0.15) is 0 Å². The molecule has 0 aliphatic rings. The molecular weight excluding hydrogens is 324 g/mol. The normalized spacial score (nSPS) is 12.2. The summed E-state index contributed by atoms with van der Waals surface area (Å²) in [5.74, 6) is -0.596. The van der Waals surface area contributed by atoms with Crippen LogP contribution in [0.2, 0.25) is 0 Å². The number of amides is 1. The van der Waals surface area contributed by atoms with Gasteiger partial charge >= 0.3 is 5.97 Å². The van der Waals surface area contributed by atoms with E-state index in [9.17, 15) is 9.59 Å². The molecule has 1 unspecified atom stereocenters. The number of aromatic nitrogens is 1. The molecule has 0 saturated heterocycles. The maximum absolute atomic E-state index is 12.1. The lowest BCUT2D eigenvalue weighted by Crippen LogP contribution is -2.27. The third kappa shape index (κ3) is 4.89. The molecule has 2 aromatic rings. The summed E-state index contributed by atoms with van der Waals surface area (Å²) in [5, 5.41) is 14.9. The highest BCUT2D eigenvalue weighted by Gasteiger charge is 2.14. The zero-order valence-electron chi connectivity index (χ0n) is 14.1. The number of benzene rings is 1. The minimum Gasteiger partial charge on any atom is -0.478 e. The maximum Gasteiger partial charge on any atom is 0.335 e. The molecule has 1 aromatic carbocycles. The van der Waals surface area contributed by atoms with E-state index in [1.165, 1.54) is 0 Å². The largest absolute Gasteiger partial charge is 0.478 e. The quantitative estimate of drug-likeness (QED) is 0.800. The van der Waals surface area contributed by atoms with E-state index in [1.54, 1.807) is 35.6 Å². The molecule has 0 radical (unpaired) electrons. The Morgan fingerprint density at radius 1 is 1.21 bits per heavy atom. The lowest BCUT2D eigenvalue weighted by molar-refractivity contribution is -0.121. The summed E-state index contributed by atoms with van der Waals surface area (Å²) in [6, 6.07) is 6.49. The van der Waals surface area contributed by atoms with Crippen LogP contribution < -0.4 is 5.32 Å². The summed E-state index contributed by atoms with van der Waals surface area (Å²) < 4.78 is 0. The van der Waals surface area contributed by atoms with Gasteiger partial charge in [-0.05, 0) is 31.0 Å². The Kier molecular flexibility index (Phi) is 6.09. The third-order valence-electron chi connectivity index (χ3n) is 3.70. The van der Waals surface area contributed by atoms with Crippen molar-refractivity contribution >= 4 is 23.2 Å². The molecule has 0 bridgehead atoms. The van der Waals surface area contributed by atoms with E-state index in [0.717, 1.165) is 16.3 Å². The van der Waals surface area contributed by atoms with Gasteiger partial charge < -0.3 is 10.4 Å². The summed E-state index contributed by atoms with van der Waals surface area (Å²) in [6.07, 6.45) is 0.935. The molecule has 0 spiro atoms. The molecule has 0 fully saturated rings. The fraction of sp³-hybridized carbons (Fsp3) is 0.389. The number of aryl methyl sites for hydroxylation is 1. The molecule has 1 atom stereocenters. The number of carbonyl (C=O) groups is 2. The third-order valence-corrected chi connectivity index (χ3v) is 4.86. The van der Waals surface area contributed by atoms with Crippen molar-refractivity contribution in [1.29, 1.82) is 0 Å². The van der Waals surface area contributed by atoms with Crippen LogP contribution in [-0.4, -0.2) is 22.0 Å². The fourth-order valence-electron chi connectivity index (χ4n) is 2.22. The zero-order valence-corrected chi connectivity index (χ0v) is 14.9. The molecule has 6 heteroatoms. The molecule has 0 aliphatic heterocycles. The van der Waals surface area contributed by atoms with E-state index in [4.69, 9.17) is 5.11 Å². The van der Waals surface area contributed by atoms with Gasteiger partial charge in [-0.25, -0.2) is 9.78 Å². The van der Waals surface area contributed by atoms with E-state index in [-0.39, 0.29) is 17.5 Å². The van der Waals surface area contributed by atoms with Crippen molar-refractivity contribution in [2.24, 2.45) is 0 Å². The highest BCUT2D eigenvalue weighted by Crippen LogP contribution is 2.22. The van der Waals surface area contributed by atoms with Crippen molar-refractivity contribution in [2.45, 2.75) is 45.6 Å². The predicted molar refractivity (Wildman–Crippen MR) is 94.5 cm³/mol. The second kappa shape index (κ2) is 8.06. The van der Waals surface area contributed by atoms with Crippen LogP contribution in [0.15, 0.2) is 29.6 Å². The average Bonchev–Trinajstić information content (AvgIpc) is 3.03. The number of carboxylic acids is 1. The van der Waals surface area contributed by atoms with Gasteiger partial charge in [0.25, 0.3) is 0 Å². The van der Waals surface area contributed by atoms with Crippen LogP contribution in [0.25, 0.3) is 0 Å². The van der Waals surface area contributed by atoms with E-state index < -0.39 is 5.97 Å². The van der Waals surface area contributed by atoms with Gasteiger partial charge in [0.2, 0.25) is 5.91 Å². The molecule has 1 amide bonds. The number of hydrogen-bond donors (Lipinski definition) is 2. The summed E-state index contributed by atoms with van der Waals surface area (Å²) in [6.45, 7) is 6.13. The first-order valence-electron chi connectivity index (χ1n) is 7.93. The van der Waals surface area contributed by atoms with Crippen molar-refractivity contribution < 1.29 is 14.7 Å². The molecule has 0 saturated carbocycles. The number of nitrogens with zero attached hydrogens (tertiary/aromatic N) is 1. The van der Waals surface area contributed by atoms with Gasteiger partial charge in [0.05, 0.1) is 22.3 Å². The van der Waals surface area contributed by atoms with Crippen molar-refractivity contribution in [2.75, 3.05) is 0 Å². The maximum atomic E-state index is 12.1. The summed E-state index contributed by atoms with van der Waals surface area (Å²) in [5.41, 5.74) is 2.09. The Morgan fingerprint density at radius 3 is 2.42 bits per heavy atom. The van der Waals surface area contributed by atoms with Gasteiger partial charge in [-0.15, -0.1) is 11.3 Å². The molecule has 1 heterocycles. The van der Waals surface area contributed by atoms with Crippen LogP contribution in [0.5, 0.6) is 0 Å². The number of thiazole rings is 1. The van der Waals surface area contributed by atoms with E-state index in [1.807, 2.05) is 12.3 Å². The topological polar surface area (TPSA) is 79.3 Å². The van der Waals surface area contributed by atoms with Crippen LogP contribution in [0.3, 0.4) is 0 Å². The highest BCUT2D eigenvalue weighted by molar-refractivity contribution is 7.09. The second-order valence-electron chi connectivity index (χ2n) is 6.06. The number of carboxylic acid groups (broad SMARTS) is 1. The predicted octanol–water partition coefficient (Wildman–Crippen LogP) is 3.77. The Morgan fingerprint density at radius 2 is 1.88 bits per heavy atom. The lowest BCUT2D eigenvalue weighted by atomic mass is 10.1. The first kappa shape index (κ1) is 18.1. The van der Waals surface area contributed by atoms with Crippen molar-refractivity contribution in [3.63, 3.8) is 0 Å². The monoisotopic (exact) mass is 346 g/mol. The van der Waals surface area contributed by atoms with Gasteiger partial charge in [-0.1, -0.05) is 26.0 Å². The molecule has 0 aliphatic carbocycles. The molecule has 24 heavy (non-hydrogen) atoms. The average molecular weight is 346 g/mol. The summed E-state index contributed by atoms with van der Waals surface area (Å²) in [4.78, 5) is 27.5. The molecule has 128 valence electrons. The Balaban J connectivity index is 1.84. The number of rotatable bonds is 7. The first-order valence-corrected chi connectivity index (χ1v) is 8.81. The standard InChI is InChI=1S/C18H22N2O3S/c1-11(2)17-20-15(10-24-17)12(3)19-16(21)9-6-13-4-7-14(8-5-13)18(22)23/h4-5,7-8,10-12H,6,9H2,1-3H3,(H,19,21)(H,22,23). The van der Waals surface area contributed by atoms with Gasteiger partial charge in [-0.3, -0.25) is 4.79 Å². The number of carbonyl (C=O) groups excluding carboxylic acids is 1. The Bertz CT molecular complexity index is 707. The fourth-order valence-corrected chi connectivity index (χ4v) is 3.15. The Hall–Kier alpha value is -2.21. The van der Waals surface area contributed by atoms with Crippen LogP contribution in [0.1, 0.15) is 65.8 Å². The highest BCUT2D eigenvalue weighted by atomic mass is 32.1. The van der Waals surface area contributed by atoms with Gasteiger partial charge in [0.1, 0.15) is 0 Å². The number of aromatic carboxylic acids is 1. The second-order valence-corrected chi connectivity index (χ2v) is 6.95. The minimum absolute atomic E-state index is 0.0380. The van der Waals surface area contributed by atoms with Gasteiger partial charge in [0, 0.05) is 17.7 Å². The van der Waals surface area contributed by atoms with Crippen molar-refractivity contribution in [1.82, 2.24) is 10.3 Å². The minimum atomic E-state index is -0.947. The Labute approximate surface area is 145 Å². The van der Waals surface area contributed by atoms with Crippen molar-refractivity contribution in [3.05, 3.63) is 51.5 Å². The molecular formula is C18H22N2O3S. The van der Waals surface area contributed by atoms with Crippen LogP contribution >= 0.6 is 11.3 Å². The van der Waals surface area contributed by atoms with Crippen LogP contribution in [0, 0.1) is 0 Å². The first-order chi connectivity index (χ1) is 11.4. The molecule has 2 rings (SSSR count). The molecule has 5 nitrogen and oxygen atoms in total. The number of hydrogen-bond acceptors (Lipinski definition) is 4. The lowest BCUT2D eigenvalue weighted by Gasteiger charge is -2.12. The number of nitrogens with one attached hydrogen (secondary N) is 1.